The zero-order chi connectivity index (χ0) is 12.1. The minimum Gasteiger partial charge on any atom is -0.324 e. The van der Waals surface area contributed by atoms with Crippen LogP contribution in [0.3, 0.4) is 0 Å². The van der Waals surface area contributed by atoms with Crippen LogP contribution < -0.4 is 5.32 Å². The Morgan fingerprint density at radius 1 is 1.28 bits per heavy atom. The second-order valence-corrected chi connectivity index (χ2v) is 5.39. The van der Waals surface area contributed by atoms with E-state index in [2.05, 4.69) is 14.9 Å². The van der Waals surface area contributed by atoms with E-state index < -0.39 is 0 Å². The summed E-state index contributed by atoms with van der Waals surface area (Å²) in [5.41, 5.74) is 1.47. The molecule has 4 heteroatoms. The van der Waals surface area contributed by atoms with Gasteiger partial charge in [-0.15, -0.1) is 0 Å². The van der Waals surface area contributed by atoms with E-state index >= 15 is 0 Å². The summed E-state index contributed by atoms with van der Waals surface area (Å²) >= 11 is 0. The fourth-order valence-corrected chi connectivity index (χ4v) is 2.52. The molecular weight excluding hydrogens is 229 g/mol. The van der Waals surface area contributed by atoms with Gasteiger partial charge in [-0.1, -0.05) is 6.07 Å². The molecule has 2 saturated carbocycles. The summed E-state index contributed by atoms with van der Waals surface area (Å²) in [5, 5.41) is 3.47. The van der Waals surface area contributed by atoms with Crippen molar-refractivity contribution < 1.29 is 4.39 Å². The average molecular weight is 245 g/mol. The van der Waals surface area contributed by atoms with Crippen LogP contribution in [0.15, 0.2) is 18.2 Å². The van der Waals surface area contributed by atoms with Gasteiger partial charge in [-0.25, -0.2) is 9.37 Å². The van der Waals surface area contributed by atoms with Crippen LogP contribution in [0.2, 0.25) is 0 Å². The standard InChI is InChI=1S/C14H16FN3/c15-11-2-1-3-12-14(11)17-13(8-16-9-4-5-9)18(12)10-6-7-10/h1-3,9-10,16H,4-8H2. The van der Waals surface area contributed by atoms with Crippen molar-refractivity contribution in [2.75, 3.05) is 0 Å². The molecule has 0 saturated heterocycles. The average Bonchev–Trinajstić information content (AvgIpc) is 3.26. The van der Waals surface area contributed by atoms with E-state index in [9.17, 15) is 4.39 Å². The highest BCUT2D eigenvalue weighted by atomic mass is 19.1. The molecule has 3 nitrogen and oxygen atoms in total. The molecule has 0 amide bonds. The van der Waals surface area contributed by atoms with Gasteiger partial charge in [0.05, 0.1) is 12.1 Å². The molecule has 18 heavy (non-hydrogen) atoms. The monoisotopic (exact) mass is 245 g/mol. The zero-order valence-electron chi connectivity index (χ0n) is 10.2. The molecule has 0 spiro atoms. The highest BCUT2D eigenvalue weighted by Crippen LogP contribution is 2.39. The van der Waals surface area contributed by atoms with Crippen LogP contribution >= 0.6 is 0 Å². The smallest absolute Gasteiger partial charge is 0.151 e. The van der Waals surface area contributed by atoms with Gasteiger partial charge in [0.1, 0.15) is 11.3 Å². The fraction of sp³-hybridized carbons (Fsp3) is 0.500. The molecule has 0 atom stereocenters. The molecule has 0 aliphatic heterocycles. The maximum atomic E-state index is 13.8. The highest BCUT2D eigenvalue weighted by molar-refractivity contribution is 5.77. The minimum absolute atomic E-state index is 0.209. The first-order valence-corrected chi connectivity index (χ1v) is 6.71. The number of fused-ring (bicyclic) bond motifs is 1. The van der Waals surface area contributed by atoms with Gasteiger partial charge in [0.15, 0.2) is 5.82 Å². The number of benzene rings is 1. The molecule has 0 unspecified atom stereocenters. The van der Waals surface area contributed by atoms with Gasteiger partial charge in [-0.3, -0.25) is 0 Å². The van der Waals surface area contributed by atoms with Gasteiger partial charge in [0, 0.05) is 12.1 Å². The van der Waals surface area contributed by atoms with Crippen molar-refractivity contribution in [3.8, 4) is 0 Å². The van der Waals surface area contributed by atoms with E-state index in [0.29, 0.717) is 17.6 Å². The van der Waals surface area contributed by atoms with Crippen LogP contribution in [0.25, 0.3) is 11.0 Å². The minimum atomic E-state index is -0.209. The predicted molar refractivity (Wildman–Crippen MR) is 67.8 cm³/mol. The molecule has 2 aliphatic rings. The van der Waals surface area contributed by atoms with Crippen molar-refractivity contribution in [1.82, 2.24) is 14.9 Å². The van der Waals surface area contributed by atoms with Crippen LogP contribution in [0.5, 0.6) is 0 Å². The first kappa shape index (κ1) is 10.5. The summed E-state index contributed by atoms with van der Waals surface area (Å²) in [6.45, 7) is 0.759. The van der Waals surface area contributed by atoms with E-state index in [-0.39, 0.29) is 5.82 Å². The zero-order valence-corrected chi connectivity index (χ0v) is 10.2. The summed E-state index contributed by atoms with van der Waals surface area (Å²) in [7, 11) is 0. The number of imidazole rings is 1. The van der Waals surface area contributed by atoms with E-state index in [1.165, 1.54) is 31.7 Å². The first-order valence-electron chi connectivity index (χ1n) is 6.71. The van der Waals surface area contributed by atoms with Gasteiger partial charge in [0.2, 0.25) is 0 Å². The number of nitrogens with one attached hydrogen (secondary N) is 1. The van der Waals surface area contributed by atoms with Crippen LogP contribution in [0, 0.1) is 5.82 Å². The molecule has 1 heterocycles. The summed E-state index contributed by atoms with van der Waals surface area (Å²) in [5.74, 6) is 0.782. The number of para-hydroxylation sites is 1. The number of nitrogens with zero attached hydrogens (tertiary/aromatic N) is 2. The summed E-state index contributed by atoms with van der Waals surface area (Å²) in [6.07, 6.45) is 4.91. The van der Waals surface area contributed by atoms with E-state index in [4.69, 9.17) is 0 Å². The van der Waals surface area contributed by atoms with Crippen LogP contribution in [-0.2, 0) is 6.54 Å². The summed E-state index contributed by atoms with van der Waals surface area (Å²) < 4.78 is 16.0. The molecule has 1 aromatic carbocycles. The number of rotatable bonds is 4. The molecule has 0 radical (unpaired) electrons. The van der Waals surface area contributed by atoms with Crippen molar-refractivity contribution in [2.24, 2.45) is 0 Å². The lowest BCUT2D eigenvalue weighted by atomic mass is 10.3. The molecule has 0 bridgehead atoms. The Kier molecular flexibility index (Phi) is 2.21. The second-order valence-electron chi connectivity index (χ2n) is 5.39. The Morgan fingerprint density at radius 3 is 2.83 bits per heavy atom. The number of halogens is 1. The molecular formula is C14H16FN3. The highest BCUT2D eigenvalue weighted by Gasteiger charge is 2.29. The lowest BCUT2D eigenvalue weighted by Crippen LogP contribution is -2.18. The van der Waals surface area contributed by atoms with Crippen LogP contribution in [0.1, 0.15) is 37.5 Å². The Hall–Kier alpha value is -1.42. The first-order chi connectivity index (χ1) is 8.83. The van der Waals surface area contributed by atoms with Gasteiger partial charge < -0.3 is 9.88 Å². The van der Waals surface area contributed by atoms with E-state index in [1.54, 1.807) is 6.07 Å². The number of hydrogen-bond donors (Lipinski definition) is 1. The van der Waals surface area contributed by atoms with Crippen LogP contribution in [0.4, 0.5) is 4.39 Å². The van der Waals surface area contributed by atoms with E-state index in [0.717, 1.165) is 17.9 Å². The largest absolute Gasteiger partial charge is 0.324 e. The fourth-order valence-electron chi connectivity index (χ4n) is 2.52. The maximum absolute atomic E-state index is 13.8. The second kappa shape index (κ2) is 3.79. The van der Waals surface area contributed by atoms with Gasteiger partial charge in [-0.2, -0.15) is 0 Å². The Morgan fingerprint density at radius 2 is 2.11 bits per heavy atom. The topological polar surface area (TPSA) is 29.9 Å². The van der Waals surface area contributed by atoms with Crippen molar-refractivity contribution in [3.05, 3.63) is 29.8 Å². The molecule has 2 aliphatic carbocycles. The summed E-state index contributed by atoms with van der Waals surface area (Å²) in [4.78, 5) is 4.50. The third-order valence-corrected chi connectivity index (χ3v) is 3.78. The van der Waals surface area contributed by atoms with Crippen molar-refractivity contribution in [3.63, 3.8) is 0 Å². The molecule has 4 rings (SSSR count). The van der Waals surface area contributed by atoms with Gasteiger partial charge >= 0.3 is 0 Å². The number of aromatic nitrogens is 2. The normalized spacial score (nSPS) is 19.6. The molecule has 94 valence electrons. The van der Waals surface area contributed by atoms with Crippen molar-refractivity contribution in [1.29, 1.82) is 0 Å². The lowest BCUT2D eigenvalue weighted by Gasteiger charge is -2.08. The van der Waals surface area contributed by atoms with Crippen molar-refractivity contribution in [2.45, 2.75) is 44.3 Å². The molecule has 2 fully saturated rings. The maximum Gasteiger partial charge on any atom is 0.151 e. The summed E-state index contributed by atoms with van der Waals surface area (Å²) in [6, 6.07) is 6.43. The predicted octanol–water partition coefficient (Wildman–Crippen LogP) is 2.76. The Labute approximate surface area is 105 Å². The lowest BCUT2D eigenvalue weighted by molar-refractivity contribution is 0.611. The van der Waals surface area contributed by atoms with Crippen LogP contribution in [-0.4, -0.2) is 15.6 Å². The number of hydrogen-bond acceptors (Lipinski definition) is 2. The third kappa shape index (κ3) is 1.72. The molecule has 1 aromatic heterocycles. The quantitative estimate of drug-likeness (QED) is 0.897. The van der Waals surface area contributed by atoms with Crippen molar-refractivity contribution >= 4 is 11.0 Å². The Balaban J connectivity index is 1.78. The van der Waals surface area contributed by atoms with E-state index in [1.807, 2.05) is 6.07 Å². The van der Waals surface area contributed by atoms with Gasteiger partial charge in [-0.05, 0) is 37.8 Å². The van der Waals surface area contributed by atoms with Gasteiger partial charge in [0.25, 0.3) is 0 Å². The molecule has 2 aromatic rings. The molecule has 1 N–H and O–H groups in total. The Bertz CT molecular complexity index is 596. The third-order valence-electron chi connectivity index (χ3n) is 3.78. The SMILES string of the molecule is Fc1cccc2c1nc(CNC1CC1)n2C1CC1.